The Balaban J connectivity index is 0.000000218. The number of hydrogen-bond acceptors (Lipinski definition) is 4. The molecule has 0 aliphatic carbocycles. The van der Waals surface area contributed by atoms with Crippen LogP contribution in [0.3, 0.4) is 0 Å². The summed E-state index contributed by atoms with van der Waals surface area (Å²) in [6.07, 6.45) is 3.41. The van der Waals surface area contributed by atoms with Crippen molar-refractivity contribution in [2.45, 2.75) is 38.1 Å². The lowest BCUT2D eigenvalue weighted by Gasteiger charge is -2.18. The molecule has 1 unspecified atom stereocenters. The van der Waals surface area contributed by atoms with Crippen LogP contribution in [0, 0.1) is 0 Å². The van der Waals surface area contributed by atoms with Gasteiger partial charge in [-0.25, -0.2) is 5.84 Å². The Labute approximate surface area is 113 Å². The fourth-order valence-electron chi connectivity index (χ4n) is 2.16. The number of nitrogens with one attached hydrogen (secondary N) is 1. The van der Waals surface area contributed by atoms with Crippen LogP contribution in [0.4, 0.5) is 0 Å². The molecule has 2 aliphatic rings. The summed E-state index contributed by atoms with van der Waals surface area (Å²) in [5, 5.41) is 0. The average molecular weight is 270 g/mol. The van der Waals surface area contributed by atoms with E-state index in [4.69, 9.17) is 5.84 Å². The molecule has 0 aromatic heterocycles. The largest absolute Gasteiger partial charge is 0.346 e. The van der Waals surface area contributed by atoms with E-state index in [9.17, 15) is 14.4 Å². The van der Waals surface area contributed by atoms with Gasteiger partial charge in [-0.05, 0) is 12.8 Å². The maximum atomic E-state index is 11.0. The molecule has 7 heteroatoms. The zero-order valence-electron chi connectivity index (χ0n) is 11.5. The molecule has 2 heterocycles. The normalized spacial score (nSPS) is 22.4. The van der Waals surface area contributed by atoms with Gasteiger partial charge >= 0.3 is 0 Å². The molecule has 0 aromatic carbocycles. The number of carbonyl (C=O) groups excluding carboxylic acids is 3. The van der Waals surface area contributed by atoms with Crippen LogP contribution in [0.2, 0.25) is 0 Å². The van der Waals surface area contributed by atoms with Crippen LogP contribution in [-0.4, -0.2) is 54.2 Å². The maximum Gasteiger partial charge on any atom is 0.235 e. The van der Waals surface area contributed by atoms with Gasteiger partial charge in [0.1, 0.15) is 0 Å². The monoisotopic (exact) mass is 270 g/mol. The second kappa shape index (κ2) is 7.08. The zero-order chi connectivity index (χ0) is 14.4. The van der Waals surface area contributed by atoms with Gasteiger partial charge in [0, 0.05) is 45.9 Å². The van der Waals surface area contributed by atoms with Crippen molar-refractivity contribution in [2.24, 2.45) is 5.84 Å². The number of hydrogen-bond donors (Lipinski definition) is 2. The van der Waals surface area contributed by atoms with Crippen molar-refractivity contribution in [3.05, 3.63) is 0 Å². The van der Waals surface area contributed by atoms with Crippen LogP contribution in [0.15, 0.2) is 0 Å². The van der Waals surface area contributed by atoms with Crippen LogP contribution in [0.25, 0.3) is 0 Å². The van der Waals surface area contributed by atoms with Gasteiger partial charge in [-0.1, -0.05) is 0 Å². The van der Waals surface area contributed by atoms with E-state index in [-0.39, 0.29) is 17.9 Å². The van der Waals surface area contributed by atoms with Gasteiger partial charge in [-0.2, -0.15) is 0 Å². The van der Waals surface area contributed by atoms with E-state index >= 15 is 0 Å². The zero-order valence-corrected chi connectivity index (χ0v) is 11.5. The third kappa shape index (κ3) is 4.51. The smallest absolute Gasteiger partial charge is 0.235 e. The standard InChI is InChI=1S/C7H13N3O2.C5H9NO/c1-10-5(2-3-7(10)12)4-6(11)9-8;1-6-4-2-3-5(6)7/h5H,2-4,8H2,1H3,(H,9,11);2-4H2,1H3. The molecule has 19 heavy (non-hydrogen) atoms. The topological polar surface area (TPSA) is 95.7 Å². The van der Waals surface area contributed by atoms with E-state index < -0.39 is 0 Å². The molecule has 2 rings (SSSR count). The fourth-order valence-corrected chi connectivity index (χ4v) is 2.16. The van der Waals surface area contributed by atoms with Crippen molar-refractivity contribution < 1.29 is 14.4 Å². The first kappa shape index (κ1) is 15.4. The molecule has 108 valence electrons. The third-order valence-corrected chi connectivity index (χ3v) is 3.52. The highest BCUT2D eigenvalue weighted by atomic mass is 16.2. The Morgan fingerprint density at radius 2 is 2.00 bits per heavy atom. The molecular formula is C12H22N4O3. The predicted molar refractivity (Wildman–Crippen MR) is 69.6 cm³/mol. The summed E-state index contributed by atoms with van der Waals surface area (Å²) in [5.41, 5.74) is 2.05. The predicted octanol–water partition coefficient (Wildman–Crippen LogP) is -0.774. The molecule has 3 amide bonds. The molecule has 3 N–H and O–H groups in total. The van der Waals surface area contributed by atoms with Crippen molar-refractivity contribution in [3.8, 4) is 0 Å². The Kier molecular flexibility index (Phi) is 5.75. The first-order valence-electron chi connectivity index (χ1n) is 6.44. The summed E-state index contributed by atoms with van der Waals surface area (Å²) < 4.78 is 0. The minimum atomic E-state index is -0.221. The number of amides is 3. The summed E-state index contributed by atoms with van der Waals surface area (Å²) in [4.78, 5) is 35.7. The summed E-state index contributed by atoms with van der Waals surface area (Å²) in [7, 11) is 3.55. The molecule has 1 atom stereocenters. The van der Waals surface area contributed by atoms with Crippen LogP contribution < -0.4 is 11.3 Å². The molecule has 2 aliphatic heterocycles. The Morgan fingerprint density at radius 3 is 2.32 bits per heavy atom. The number of rotatable bonds is 2. The highest BCUT2D eigenvalue weighted by Gasteiger charge is 2.28. The summed E-state index contributed by atoms with van der Waals surface area (Å²) >= 11 is 0. The molecule has 0 spiro atoms. The second-order valence-electron chi connectivity index (χ2n) is 4.89. The van der Waals surface area contributed by atoms with Crippen molar-refractivity contribution in [2.75, 3.05) is 20.6 Å². The molecule has 0 aromatic rings. The van der Waals surface area contributed by atoms with E-state index in [0.29, 0.717) is 18.7 Å². The highest BCUT2D eigenvalue weighted by molar-refractivity contribution is 5.81. The van der Waals surface area contributed by atoms with Crippen molar-refractivity contribution in [1.82, 2.24) is 15.2 Å². The molecule has 0 radical (unpaired) electrons. The Bertz CT molecular complexity index is 359. The quantitative estimate of drug-likeness (QED) is 0.391. The van der Waals surface area contributed by atoms with E-state index in [2.05, 4.69) is 5.43 Å². The summed E-state index contributed by atoms with van der Waals surface area (Å²) in [6, 6.07) is 0.0287. The van der Waals surface area contributed by atoms with Gasteiger partial charge in [0.25, 0.3) is 0 Å². The number of carbonyl (C=O) groups is 3. The Morgan fingerprint density at radius 1 is 1.32 bits per heavy atom. The van der Waals surface area contributed by atoms with Crippen LogP contribution in [0.5, 0.6) is 0 Å². The lowest BCUT2D eigenvalue weighted by Crippen LogP contribution is -2.37. The van der Waals surface area contributed by atoms with Gasteiger partial charge in [0.15, 0.2) is 0 Å². The van der Waals surface area contributed by atoms with Gasteiger partial charge in [0.05, 0.1) is 0 Å². The van der Waals surface area contributed by atoms with Crippen molar-refractivity contribution in [3.63, 3.8) is 0 Å². The lowest BCUT2D eigenvalue weighted by atomic mass is 10.1. The van der Waals surface area contributed by atoms with Crippen LogP contribution in [-0.2, 0) is 14.4 Å². The molecular weight excluding hydrogens is 248 g/mol. The van der Waals surface area contributed by atoms with E-state index in [1.54, 1.807) is 16.8 Å². The fraction of sp³-hybridized carbons (Fsp3) is 0.750. The number of likely N-dealkylation sites (tertiary alicyclic amines) is 2. The van der Waals surface area contributed by atoms with Crippen LogP contribution in [0.1, 0.15) is 32.1 Å². The molecule has 7 nitrogen and oxygen atoms in total. The van der Waals surface area contributed by atoms with Gasteiger partial charge in [-0.3, -0.25) is 19.8 Å². The summed E-state index contributed by atoms with van der Waals surface area (Å²) in [5.74, 6) is 5.10. The van der Waals surface area contributed by atoms with Gasteiger partial charge in [0.2, 0.25) is 17.7 Å². The third-order valence-electron chi connectivity index (χ3n) is 3.52. The van der Waals surface area contributed by atoms with E-state index in [0.717, 1.165) is 25.8 Å². The van der Waals surface area contributed by atoms with Crippen molar-refractivity contribution >= 4 is 17.7 Å². The number of nitrogens with zero attached hydrogens (tertiary/aromatic N) is 2. The lowest BCUT2D eigenvalue weighted by molar-refractivity contribution is -0.129. The SMILES string of the molecule is CN1C(=O)CCC1CC(=O)NN.CN1CCCC1=O. The molecule has 2 saturated heterocycles. The van der Waals surface area contributed by atoms with E-state index in [1.165, 1.54) is 0 Å². The first-order chi connectivity index (χ1) is 8.95. The van der Waals surface area contributed by atoms with Gasteiger partial charge in [-0.15, -0.1) is 0 Å². The molecule has 0 bridgehead atoms. The maximum absolute atomic E-state index is 11.0. The number of nitrogens with two attached hydrogens (primary N) is 1. The highest BCUT2D eigenvalue weighted by Crippen LogP contribution is 2.18. The Hall–Kier alpha value is -1.63. The van der Waals surface area contributed by atoms with Crippen molar-refractivity contribution in [1.29, 1.82) is 0 Å². The first-order valence-corrected chi connectivity index (χ1v) is 6.44. The van der Waals surface area contributed by atoms with E-state index in [1.807, 2.05) is 7.05 Å². The molecule has 2 fully saturated rings. The minimum Gasteiger partial charge on any atom is -0.346 e. The molecule has 0 saturated carbocycles. The average Bonchev–Trinajstić information content (AvgIpc) is 2.91. The summed E-state index contributed by atoms with van der Waals surface area (Å²) in [6.45, 7) is 0.957. The number of hydrazine groups is 1. The van der Waals surface area contributed by atoms with Crippen LogP contribution >= 0.6 is 0 Å². The van der Waals surface area contributed by atoms with Gasteiger partial charge < -0.3 is 9.80 Å². The second-order valence-corrected chi connectivity index (χ2v) is 4.89. The minimum absolute atomic E-state index is 0.0287.